The fourth-order valence-corrected chi connectivity index (χ4v) is 4.59. The third kappa shape index (κ3) is 4.72. The van der Waals surface area contributed by atoms with Gasteiger partial charge in [-0.1, -0.05) is 6.07 Å². The molecular weight excluding hydrogens is 354 g/mol. The van der Waals surface area contributed by atoms with Crippen LogP contribution in [0.15, 0.2) is 34.8 Å². The Hall–Kier alpha value is -1.69. The fraction of sp³-hybridized carbons (Fsp3) is 0.500. The quantitative estimate of drug-likeness (QED) is 0.742. The lowest BCUT2D eigenvalue weighted by atomic mass is 9.98. The van der Waals surface area contributed by atoms with Crippen molar-refractivity contribution in [1.29, 1.82) is 0 Å². The van der Waals surface area contributed by atoms with E-state index in [9.17, 15) is 13.6 Å². The van der Waals surface area contributed by atoms with E-state index >= 15 is 0 Å². The van der Waals surface area contributed by atoms with Gasteiger partial charge in [-0.05, 0) is 61.8 Å². The molecule has 3 nitrogen and oxygen atoms in total. The largest absolute Gasteiger partial charge is 0.334 e. The lowest BCUT2D eigenvalue weighted by molar-refractivity contribution is -0.128. The molecule has 6 heteroatoms. The Morgan fingerprint density at radius 1 is 1.27 bits per heavy atom. The Bertz CT molecular complexity index is 706. The molecule has 26 heavy (non-hydrogen) atoms. The van der Waals surface area contributed by atoms with Gasteiger partial charge in [0.1, 0.15) is 11.6 Å². The zero-order valence-corrected chi connectivity index (χ0v) is 15.8. The number of hydrogen-bond acceptors (Lipinski definition) is 3. The third-order valence-corrected chi connectivity index (χ3v) is 6.05. The third-order valence-electron chi connectivity index (χ3n) is 5.00. The molecule has 0 radical (unpaired) electrons. The van der Waals surface area contributed by atoms with Crippen molar-refractivity contribution in [3.63, 3.8) is 0 Å². The van der Waals surface area contributed by atoms with Gasteiger partial charge in [-0.2, -0.15) is 11.8 Å². The molecule has 0 spiro atoms. The molecule has 1 saturated heterocycles. The molecule has 1 aromatic rings. The summed E-state index contributed by atoms with van der Waals surface area (Å²) in [5.41, 5.74) is 1.37. The predicted molar refractivity (Wildman–Crippen MR) is 103 cm³/mol. The maximum Gasteiger partial charge on any atom is 0.252 e. The summed E-state index contributed by atoms with van der Waals surface area (Å²) >= 11 is 1.96. The molecule has 0 aromatic heterocycles. The Balaban J connectivity index is 1.74. The molecule has 0 atom stereocenters. The molecule has 0 unspecified atom stereocenters. The van der Waals surface area contributed by atoms with Crippen LogP contribution < -0.4 is 0 Å². The molecule has 2 aliphatic rings. The van der Waals surface area contributed by atoms with Crippen molar-refractivity contribution in [2.24, 2.45) is 10.9 Å². The van der Waals surface area contributed by atoms with Crippen molar-refractivity contribution < 1.29 is 13.6 Å². The molecule has 0 N–H and O–H groups in total. The van der Waals surface area contributed by atoms with E-state index in [4.69, 9.17) is 0 Å². The summed E-state index contributed by atoms with van der Waals surface area (Å²) in [4.78, 5) is 18.8. The second-order valence-electron chi connectivity index (χ2n) is 6.90. The lowest BCUT2D eigenvalue weighted by Gasteiger charge is -2.27. The van der Waals surface area contributed by atoms with Crippen molar-refractivity contribution in [3.8, 4) is 0 Å². The highest BCUT2D eigenvalue weighted by molar-refractivity contribution is 7.99. The van der Waals surface area contributed by atoms with Crippen LogP contribution in [0.4, 0.5) is 8.78 Å². The normalized spacial score (nSPS) is 17.8. The van der Waals surface area contributed by atoms with Gasteiger partial charge in [0.25, 0.3) is 5.91 Å². The zero-order valence-electron chi connectivity index (χ0n) is 15.0. The second-order valence-corrected chi connectivity index (χ2v) is 8.12. The van der Waals surface area contributed by atoms with Crippen LogP contribution in [0.5, 0.6) is 0 Å². The van der Waals surface area contributed by atoms with Crippen LogP contribution in [0.25, 0.3) is 0 Å². The van der Waals surface area contributed by atoms with Crippen LogP contribution in [0.3, 0.4) is 0 Å². The molecule has 0 bridgehead atoms. The number of hydrogen-bond donors (Lipinski definition) is 0. The topological polar surface area (TPSA) is 32.7 Å². The predicted octanol–water partition coefficient (Wildman–Crippen LogP) is 4.23. The van der Waals surface area contributed by atoms with Gasteiger partial charge >= 0.3 is 0 Å². The van der Waals surface area contributed by atoms with Gasteiger partial charge in [0, 0.05) is 23.4 Å². The van der Waals surface area contributed by atoms with Gasteiger partial charge in [0.2, 0.25) is 0 Å². The Morgan fingerprint density at radius 2 is 1.96 bits per heavy atom. The number of carbonyl (C=O) groups excluding carboxylic acids is 1. The minimum absolute atomic E-state index is 0.0451. The summed E-state index contributed by atoms with van der Waals surface area (Å²) in [5.74, 6) is 1.50. The van der Waals surface area contributed by atoms with Crippen LogP contribution in [-0.4, -0.2) is 41.1 Å². The first-order chi connectivity index (χ1) is 12.5. The van der Waals surface area contributed by atoms with Gasteiger partial charge in [-0.25, -0.2) is 8.78 Å². The summed E-state index contributed by atoms with van der Waals surface area (Å²) in [6.07, 6.45) is 4.93. The number of aliphatic imine (C=N–C) groups is 1. The number of thioether (sulfide) groups is 1. The molecule has 3 rings (SSSR count). The fourth-order valence-electron chi connectivity index (χ4n) is 3.39. The first-order valence-corrected chi connectivity index (χ1v) is 10.2. The molecule has 2 heterocycles. The number of nitrogens with zero attached hydrogens (tertiary/aromatic N) is 2. The smallest absolute Gasteiger partial charge is 0.252 e. The average molecular weight is 378 g/mol. The minimum atomic E-state index is -0.607. The Morgan fingerprint density at radius 3 is 2.58 bits per heavy atom. The van der Waals surface area contributed by atoms with Gasteiger partial charge in [-0.15, -0.1) is 0 Å². The van der Waals surface area contributed by atoms with E-state index in [1.54, 1.807) is 11.0 Å². The average Bonchev–Trinajstić information content (AvgIpc) is 3.07. The molecule has 1 amide bonds. The van der Waals surface area contributed by atoms with Crippen molar-refractivity contribution >= 4 is 23.4 Å². The van der Waals surface area contributed by atoms with Crippen LogP contribution in [-0.2, 0) is 11.3 Å². The molecule has 1 aromatic carbocycles. The molecule has 0 saturated carbocycles. The number of benzene rings is 1. The van der Waals surface area contributed by atoms with Gasteiger partial charge in [0.15, 0.2) is 0 Å². The van der Waals surface area contributed by atoms with E-state index < -0.39 is 11.6 Å². The standard InChI is InChI=1S/C20H24F2N2OS/c1-14-11-16(12-23-14)20(25)24(8-5-15-6-9-26-10-7-15)13-17-18(21)3-2-4-19(17)22/h2-4,11,15H,5-10,12-13H2,1H3. The maximum atomic E-state index is 14.1. The van der Waals surface area contributed by atoms with E-state index in [1.807, 2.05) is 18.7 Å². The summed E-state index contributed by atoms with van der Waals surface area (Å²) in [6, 6.07) is 3.82. The van der Waals surface area contributed by atoms with E-state index in [0.29, 0.717) is 24.6 Å². The highest BCUT2D eigenvalue weighted by Crippen LogP contribution is 2.26. The first kappa shape index (κ1) is 19.1. The molecule has 1 fully saturated rings. The van der Waals surface area contributed by atoms with Gasteiger partial charge in [-0.3, -0.25) is 9.79 Å². The van der Waals surface area contributed by atoms with E-state index in [2.05, 4.69) is 4.99 Å². The van der Waals surface area contributed by atoms with Crippen molar-refractivity contribution in [3.05, 3.63) is 47.0 Å². The van der Waals surface area contributed by atoms with Crippen molar-refractivity contribution in [2.75, 3.05) is 24.6 Å². The molecule has 0 aliphatic carbocycles. The Labute approximate surface area is 157 Å². The van der Waals surface area contributed by atoms with Crippen LogP contribution in [0, 0.1) is 17.6 Å². The summed E-state index contributed by atoms with van der Waals surface area (Å²) in [5, 5.41) is 0. The highest BCUT2D eigenvalue weighted by Gasteiger charge is 2.24. The number of halogens is 2. The van der Waals surface area contributed by atoms with Crippen molar-refractivity contribution in [1.82, 2.24) is 4.90 Å². The van der Waals surface area contributed by atoms with Crippen LogP contribution in [0.1, 0.15) is 31.7 Å². The number of rotatable bonds is 6. The van der Waals surface area contributed by atoms with E-state index in [1.165, 1.54) is 18.2 Å². The Kier molecular flexibility index (Phi) is 6.46. The number of amides is 1. The lowest BCUT2D eigenvalue weighted by Crippen LogP contribution is -2.35. The first-order valence-electron chi connectivity index (χ1n) is 9.06. The molecule has 140 valence electrons. The highest BCUT2D eigenvalue weighted by atomic mass is 32.2. The van der Waals surface area contributed by atoms with Crippen molar-refractivity contribution in [2.45, 2.75) is 32.7 Å². The second kappa shape index (κ2) is 8.80. The van der Waals surface area contributed by atoms with Gasteiger partial charge < -0.3 is 4.90 Å². The zero-order chi connectivity index (χ0) is 18.5. The van der Waals surface area contributed by atoms with Crippen LogP contribution >= 0.6 is 11.8 Å². The maximum absolute atomic E-state index is 14.1. The van der Waals surface area contributed by atoms with E-state index in [-0.39, 0.29) is 18.0 Å². The molecular formula is C20H24F2N2OS. The van der Waals surface area contributed by atoms with E-state index in [0.717, 1.165) is 36.5 Å². The summed E-state index contributed by atoms with van der Waals surface area (Å²) < 4.78 is 28.2. The summed E-state index contributed by atoms with van der Waals surface area (Å²) in [7, 11) is 0. The minimum Gasteiger partial charge on any atom is -0.334 e. The van der Waals surface area contributed by atoms with Crippen LogP contribution in [0.2, 0.25) is 0 Å². The monoisotopic (exact) mass is 378 g/mol. The van der Waals surface area contributed by atoms with Gasteiger partial charge in [0.05, 0.1) is 13.1 Å². The SMILES string of the molecule is CC1=NCC(C(=O)N(CCC2CCSCC2)Cc2c(F)cccc2F)=C1. The number of allylic oxidation sites excluding steroid dienone is 1. The molecule has 2 aliphatic heterocycles. The summed E-state index contributed by atoms with van der Waals surface area (Å²) in [6.45, 7) is 2.66. The number of carbonyl (C=O) groups is 1.